The number of nitrogens with zero attached hydrogens (tertiary/aromatic N) is 4. The van der Waals surface area contributed by atoms with E-state index in [1.54, 1.807) is 0 Å². The van der Waals surface area contributed by atoms with Gasteiger partial charge in [-0.15, -0.1) is 0 Å². The van der Waals surface area contributed by atoms with Gasteiger partial charge in [0.15, 0.2) is 17.7 Å². The minimum atomic E-state index is -1.11. The molecule has 4 N–H and O–H groups in total. The molecular formula is C11H15N5O4. The summed E-state index contributed by atoms with van der Waals surface area (Å²) in [7, 11) is 1.50. The number of nitrogen functional groups attached to an aromatic ring is 1. The highest BCUT2D eigenvalue weighted by molar-refractivity contribution is 5.81. The summed E-state index contributed by atoms with van der Waals surface area (Å²) in [6.45, 7) is 0.179. The van der Waals surface area contributed by atoms with Crippen LogP contribution < -0.4 is 5.73 Å². The van der Waals surface area contributed by atoms with E-state index in [9.17, 15) is 10.2 Å². The van der Waals surface area contributed by atoms with E-state index in [2.05, 4.69) is 15.0 Å². The van der Waals surface area contributed by atoms with Gasteiger partial charge in [0.2, 0.25) is 0 Å². The van der Waals surface area contributed by atoms with Gasteiger partial charge in [0.25, 0.3) is 0 Å². The number of methoxy groups -OCH3 is 1. The van der Waals surface area contributed by atoms with E-state index in [1.807, 2.05) is 0 Å². The molecular weight excluding hydrogens is 266 g/mol. The van der Waals surface area contributed by atoms with Gasteiger partial charge in [-0.05, 0) is 0 Å². The molecule has 3 rings (SSSR count). The van der Waals surface area contributed by atoms with Gasteiger partial charge < -0.3 is 25.4 Å². The number of hydrogen-bond acceptors (Lipinski definition) is 8. The zero-order valence-corrected chi connectivity index (χ0v) is 10.7. The molecule has 0 aromatic carbocycles. The third-order valence-electron chi connectivity index (χ3n) is 3.33. The Balaban J connectivity index is 1.97. The lowest BCUT2D eigenvalue weighted by Gasteiger charge is -2.16. The molecule has 3 heterocycles. The van der Waals surface area contributed by atoms with Gasteiger partial charge >= 0.3 is 0 Å². The number of rotatable bonds is 3. The Morgan fingerprint density at radius 2 is 2.15 bits per heavy atom. The van der Waals surface area contributed by atoms with E-state index in [-0.39, 0.29) is 12.4 Å². The minimum Gasteiger partial charge on any atom is -0.387 e. The summed E-state index contributed by atoms with van der Waals surface area (Å²) in [5.74, 6) is 0.246. The molecule has 1 saturated heterocycles. The molecule has 9 nitrogen and oxygen atoms in total. The largest absolute Gasteiger partial charge is 0.387 e. The van der Waals surface area contributed by atoms with E-state index in [0.717, 1.165) is 0 Å². The van der Waals surface area contributed by atoms with Crippen LogP contribution in [0.1, 0.15) is 6.23 Å². The van der Waals surface area contributed by atoms with Crippen molar-refractivity contribution in [2.24, 2.45) is 0 Å². The quantitative estimate of drug-likeness (QED) is 0.631. The molecule has 0 aliphatic carbocycles. The predicted octanol–water partition coefficient (Wildman–Crippen LogP) is -1.33. The lowest BCUT2D eigenvalue weighted by Crippen LogP contribution is -2.33. The van der Waals surface area contributed by atoms with Crippen LogP contribution in [-0.4, -0.2) is 61.8 Å². The normalized spacial score (nSPS) is 30.1. The van der Waals surface area contributed by atoms with Gasteiger partial charge in [-0.3, -0.25) is 4.57 Å². The maximum Gasteiger partial charge on any atom is 0.167 e. The summed E-state index contributed by atoms with van der Waals surface area (Å²) < 4.78 is 12.1. The van der Waals surface area contributed by atoms with Crippen molar-refractivity contribution in [3.63, 3.8) is 0 Å². The Kier molecular flexibility index (Phi) is 3.26. The monoisotopic (exact) mass is 281 g/mol. The fraction of sp³-hybridized carbons (Fsp3) is 0.545. The molecule has 1 fully saturated rings. The summed E-state index contributed by atoms with van der Waals surface area (Å²) in [6.07, 6.45) is -0.812. The Morgan fingerprint density at radius 3 is 2.90 bits per heavy atom. The van der Waals surface area contributed by atoms with Crippen molar-refractivity contribution in [3.8, 4) is 0 Å². The number of aliphatic hydroxyl groups excluding tert-OH is 2. The number of fused-ring (bicyclic) bond motifs is 1. The highest BCUT2D eigenvalue weighted by Gasteiger charge is 2.44. The second-order valence-electron chi connectivity index (χ2n) is 4.58. The van der Waals surface area contributed by atoms with Crippen molar-refractivity contribution in [1.29, 1.82) is 0 Å². The first-order valence-corrected chi connectivity index (χ1v) is 6.07. The SMILES string of the molecule is COC[C@H]1OC(n2cnc3c(N)ncnc32)[C@H](O)[C@@H]1O. The first kappa shape index (κ1) is 13.2. The summed E-state index contributed by atoms with van der Waals surface area (Å²) in [5.41, 5.74) is 6.57. The molecule has 1 unspecified atom stereocenters. The van der Waals surface area contributed by atoms with Gasteiger partial charge in [-0.2, -0.15) is 0 Å². The Morgan fingerprint density at radius 1 is 1.35 bits per heavy atom. The van der Waals surface area contributed by atoms with Gasteiger partial charge in [-0.25, -0.2) is 15.0 Å². The van der Waals surface area contributed by atoms with Crippen LogP contribution in [0.5, 0.6) is 0 Å². The highest BCUT2D eigenvalue weighted by Crippen LogP contribution is 2.31. The molecule has 108 valence electrons. The maximum absolute atomic E-state index is 10.1. The number of nitrogens with two attached hydrogens (primary N) is 1. The third kappa shape index (κ3) is 1.91. The van der Waals surface area contributed by atoms with Crippen LogP contribution in [0.4, 0.5) is 5.82 Å². The molecule has 4 atom stereocenters. The lowest BCUT2D eigenvalue weighted by atomic mass is 10.1. The fourth-order valence-corrected chi connectivity index (χ4v) is 2.32. The predicted molar refractivity (Wildman–Crippen MR) is 67.5 cm³/mol. The molecule has 2 aromatic heterocycles. The van der Waals surface area contributed by atoms with Crippen LogP contribution in [0.25, 0.3) is 11.2 Å². The third-order valence-corrected chi connectivity index (χ3v) is 3.33. The van der Waals surface area contributed by atoms with Gasteiger partial charge in [0.1, 0.15) is 30.2 Å². The van der Waals surface area contributed by atoms with Crippen molar-refractivity contribution in [2.75, 3.05) is 19.5 Å². The second kappa shape index (κ2) is 4.94. The van der Waals surface area contributed by atoms with Gasteiger partial charge in [-0.1, -0.05) is 0 Å². The Labute approximate surface area is 114 Å². The van der Waals surface area contributed by atoms with Crippen molar-refractivity contribution < 1.29 is 19.7 Å². The van der Waals surface area contributed by atoms with E-state index in [0.29, 0.717) is 11.2 Å². The van der Waals surface area contributed by atoms with Gasteiger partial charge in [0.05, 0.1) is 12.9 Å². The number of imidazole rings is 1. The second-order valence-corrected chi connectivity index (χ2v) is 4.58. The molecule has 2 aromatic rings. The van der Waals surface area contributed by atoms with Crippen LogP contribution >= 0.6 is 0 Å². The number of hydrogen-bond donors (Lipinski definition) is 3. The zero-order chi connectivity index (χ0) is 14.3. The number of anilines is 1. The summed E-state index contributed by atoms with van der Waals surface area (Å²) in [6, 6.07) is 0. The topological polar surface area (TPSA) is 129 Å². The van der Waals surface area contributed by atoms with E-state index >= 15 is 0 Å². The summed E-state index contributed by atoms with van der Waals surface area (Å²) in [4.78, 5) is 12.0. The molecule has 20 heavy (non-hydrogen) atoms. The van der Waals surface area contributed by atoms with E-state index in [4.69, 9.17) is 15.2 Å². The molecule has 0 amide bonds. The summed E-state index contributed by atoms with van der Waals surface area (Å²) >= 11 is 0. The molecule has 0 saturated carbocycles. The molecule has 0 radical (unpaired) electrons. The van der Waals surface area contributed by atoms with Crippen molar-refractivity contribution in [3.05, 3.63) is 12.7 Å². The molecule has 1 aliphatic heterocycles. The van der Waals surface area contributed by atoms with Crippen LogP contribution in [-0.2, 0) is 9.47 Å². The maximum atomic E-state index is 10.1. The zero-order valence-electron chi connectivity index (χ0n) is 10.7. The standard InChI is InChI=1S/C11H15N5O4/c1-19-2-5-7(17)8(18)11(20-5)16-4-15-6-9(12)13-3-14-10(6)16/h3-5,7-8,11,17-18H,2H2,1H3,(H2,12,13,14)/t5-,7-,8-,11?/m1/s1. The minimum absolute atomic E-state index is 0.179. The first-order chi connectivity index (χ1) is 9.63. The average molecular weight is 281 g/mol. The smallest absolute Gasteiger partial charge is 0.167 e. The number of aliphatic hydroxyl groups is 2. The number of ether oxygens (including phenoxy) is 2. The van der Waals surface area contributed by atoms with E-state index in [1.165, 1.54) is 24.3 Å². The lowest BCUT2D eigenvalue weighted by molar-refractivity contribution is -0.0580. The molecule has 1 aliphatic rings. The van der Waals surface area contributed by atoms with Crippen LogP contribution in [0.3, 0.4) is 0 Å². The fourth-order valence-electron chi connectivity index (χ4n) is 2.32. The molecule has 9 heteroatoms. The first-order valence-electron chi connectivity index (χ1n) is 6.07. The van der Waals surface area contributed by atoms with E-state index < -0.39 is 24.5 Å². The van der Waals surface area contributed by atoms with Crippen molar-refractivity contribution >= 4 is 17.0 Å². The Hall–Kier alpha value is -1.81. The number of aromatic nitrogens is 4. The molecule has 0 spiro atoms. The highest BCUT2D eigenvalue weighted by atomic mass is 16.6. The van der Waals surface area contributed by atoms with Crippen LogP contribution in [0, 0.1) is 0 Å². The average Bonchev–Trinajstić information content (AvgIpc) is 2.97. The van der Waals surface area contributed by atoms with Crippen molar-refractivity contribution in [1.82, 2.24) is 19.5 Å². The summed E-state index contributed by atoms with van der Waals surface area (Å²) in [5, 5.41) is 20.0. The molecule has 0 bridgehead atoms. The van der Waals surface area contributed by atoms with Crippen LogP contribution in [0.2, 0.25) is 0 Å². The van der Waals surface area contributed by atoms with Gasteiger partial charge in [0, 0.05) is 7.11 Å². The van der Waals surface area contributed by atoms with Crippen LogP contribution in [0.15, 0.2) is 12.7 Å². The Bertz CT molecular complexity index is 618. The van der Waals surface area contributed by atoms with Crippen molar-refractivity contribution in [2.45, 2.75) is 24.5 Å².